The number of hydrogen-bond acceptors (Lipinski definition) is 5. The molecular weight excluding hydrogens is 390 g/mol. The summed E-state index contributed by atoms with van der Waals surface area (Å²) < 4.78 is 17.1. The third kappa shape index (κ3) is 4.30. The number of para-hydroxylation sites is 2. The van der Waals surface area contributed by atoms with Gasteiger partial charge in [0.25, 0.3) is 5.91 Å². The molecule has 2 aromatic carbocycles. The smallest absolute Gasteiger partial charge is 0.351 e. The van der Waals surface area contributed by atoms with E-state index in [4.69, 9.17) is 14.2 Å². The van der Waals surface area contributed by atoms with Crippen LogP contribution >= 0.6 is 15.9 Å². The van der Waals surface area contributed by atoms with E-state index in [0.29, 0.717) is 17.2 Å². The molecule has 0 spiro atoms. The second-order valence-corrected chi connectivity index (χ2v) is 6.36. The monoisotopic (exact) mass is 405 g/mol. The lowest BCUT2D eigenvalue weighted by atomic mass is 10.2. The van der Waals surface area contributed by atoms with Gasteiger partial charge in [-0.2, -0.15) is 0 Å². The van der Waals surface area contributed by atoms with E-state index in [1.54, 1.807) is 36.4 Å². The minimum Gasteiger partial charge on any atom is -0.485 e. The van der Waals surface area contributed by atoms with Crippen molar-refractivity contribution in [2.75, 3.05) is 11.9 Å². The predicted octanol–water partition coefficient (Wildman–Crippen LogP) is 3.16. The van der Waals surface area contributed by atoms with Gasteiger partial charge in [0.05, 0.1) is 0 Å². The van der Waals surface area contributed by atoms with Crippen LogP contribution in [-0.2, 0) is 14.3 Å². The molecule has 3 rings (SSSR count). The Bertz CT molecular complexity index is 795. The Morgan fingerprint density at radius 2 is 1.96 bits per heavy atom. The first-order valence-electron chi connectivity index (χ1n) is 7.68. The number of fused-ring (bicyclic) bond motifs is 1. The number of nitrogens with one attached hydrogen (secondary N) is 1. The van der Waals surface area contributed by atoms with Crippen molar-refractivity contribution < 1.29 is 23.8 Å². The van der Waals surface area contributed by atoms with Crippen molar-refractivity contribution in [3.63, 3.8) is 0 Å². The van der Waals surface area contributed by atoms with Gasteiger partial charge in [-0.3, -0.25) is 4.79 Å². The molecule has 0 aromatic heterocycles. The summed E-state index contributed by atoms with van der Waals surface area (Å²) in [6, 6.07) is 14.2. The van der Waals surface area contributed by atoms with Gasteiger partial charge in [0.15, 0.2) is 17.6 Å². The molecular formula is C18H16BrNO5. The van der Waals surface area contributed by atoms with E-state index in [-0.39, 0.29) is 6.61 Å². The normalized spacial score (nSPS) is 16.6. The van der Waals surface area contributed by atoms with E-state index in [2.05, 4.69) is 21.2 Å². The number of benzene rings is 2. The van der Waals surface area contributed by atoms with Crippen LogP contribution < -0.4 is 14.8 Å². The van der Waals surface area contributed by atoms with Crippen molar-refractivity contribution in [1.82, 2.24) is 0 Å². The molecule has 7 heteroatoms. The number of hydrogen-bond donors (Lipinski definition) is 1. The van der Waals surface area contributed by atoms with Crippen LogP contribution in [0.1, 0.15) is 6.92 Å². The highest BCUT2D eigenvalue weighted by molar-refractivity contribution is 9.10. The quantitative estimate of drug-likeness (QED) is 0.790. The van der Waals surface area contributed by atoms with Gasteiger partial charge in [0, 0.05) is 10.2 Å². The second kappa shape index (κ2) is 7.57. The number of anilines is 1. The highest BCUT2D eigenvalue weighted by Crippen LogP contribution is 2.31. The molecule has 0 fully saturated rings. The van der Waals surface area contributed by atoms with Gasteiger partial charge in [-0.05, 0) is 37.3 Å². The number of amides is 1. The van der Waals surface area contributed by atoms with Crippen molar-refractivity contribution in [3.8, 4) is 11.5 Å². The van der Waals surface area contributed by atoms with Crippen LogP contribution in [0.4, 0.5) is 5.69 Å². The maximum Gasteiger partial charge on any atom is 0.351 e. The number of ether oxygens (including phenoxy) is 3. The van der Waals surface area contributed by atoms with Crippen molar-refractivity contribution in [2.24, 2.45) is 0 Å². The van der Waals surface area contributed by atoms with E-state index in [0.717, 1.165) is 4.47 Å². The van der Waals surface area contributed by atoms with Gasteiger partial charge >= 0.3 is 5.97 Å². The Labute approximate surface area is 153 Å². The van der Waals surface area contributed by atoms with Gasteiger partial charge in [-0.25, -0.2) is 4.79 Å². The summed E-state index contributed by atoms with van der Waals surface area (Å²) in [5, 5.41) is 2.69. The summed E-state index contributed by atoms with van der Waals surface area (Å²) in [4.78, 5) is 24.4. The van der Waals surface area contributed by atoms with Gasteiger partial charge < -0.3 is 19.5 Å². The van der Waals surface area contributed by atoms with Crippen LogP contribution in [0.2, 0.25) is 0 Å². The average Bonchev–Trinajstić information content (AvgIpc) is 2.61. The summed E-state index contributed by atoms with van der Waals surface area (Å²) in [5.41, 5.74) is 0.605. The summed E-state index contributed by atoms with van der Waals surface area (Å²) >= 11 is 3.33. The van der Waals surface area contributed by atoms with Crippen molar-refractivity contribution in [3.05, 3.63) is 53.0 Å². The van der Waals surface area contributed by atoms with Crippen molar-refractivity contribution >= 4 is 33.5 Å². The fourth-order valence-electron chi connectivity index (χ4n) is 2.25. The molecule has 1 amide bonds. The van der Waals surface area contributed by atoms with E-state index in [1.165, 1.54) is 6.92 Å². The van der Waals surface area contributed by atoms with E-state index in [1.807, 2.05) is 12.1 Å². The summed E-state index contributed by atoms with van der Waals surface area (Å²) in [6.07, 6.45) is -1.87. The third-order valence-electron chi connectivity index (χ3n) is 3.53. The molecule has 1 aliphatic rings. The molecule has 0 radical (unpaired) electrons. The molecule has 1 aliphatic heterocycles. The molecule has 0 unspecified atom stereocenters. The summed E-state index contributed by atoms with van der Waals surface area (Å²) in [6.45, 7) is 1.54. The average molecular weight is 406 g/mol. The van der Waals surface area contributed by atoms with Gasteiger partial charge in [0.2, 0.25) is 6.10 Å². The lowest BCUT2D eigenvalue weighted by Crippen LogP contribution is -2.41. The number of carbonyl (C=O) groups excluding carboxylic acids is 2. The van der Waals surface area contributed by atoms with Gasteiger partial charge in [-0.1, -0.05) is 34.1 Å². The first-order valence-corrected chi connectivity index (χ1v) is 8.47. The van der Waals surface area contributed by atoms with Crippen molar-refractivity contribution in [2.45, 2.75) is 19.1 Å². The van der Waals surface area contributed by atoms with E-state index >= 15 is 0 Å². The zero-order valence-corrected chi connectivity index (χ0v) is 15.0. The van der Waals surface area contributed by atoms with Gasteiger partial charge in [0.1, 0.15) is 6.61 Å². The van der Waals surface area contributed by atoms with Crippen LogP contribution in [0.3, 0.4) is 0 Å². The highest BCUT2D eigenvalue weighted by Gasteiger charge is 2.31. The van der Waals surface area contributed by atoms with Crippen LogP contribution in [0.5, 0.6) is 11.5 Å². The SMILES string of the molecule is C[C@@H](OC(=O)[C@@H]1COc2ccccc2O1)C(=O)Nc1cccc(Br)c1. The van der Waals surface area contributed by atoms with E-state index < -0.39 is 24.1 Å². The van der Waals surface area contributed by atoms with Crippen LogP contribution in [0, 0.1) is 0 Å². The first kappa shape index (κ1) is 17.3. The number of carbonyl (C=O) groups is 2. The van der Waals surface area contributed by atoms with Crippen LogP contribution in [0.15, 0.2) is 53.0 Å². The molecule has 130 valence electrons. The minimum absolute atomic E-state index is 0.0375. The lowest BCUT2D eigenvalue weighted by Gasteiger charge is -2.25. The molecule has 1 N–H and O–H groups in total. The number of esters is 1. The zero-order valence-electron chi connectivity index (χ0n) is 13.4. The molecule has 2 atom stereocenters. The predicted molar refractivity (Wildman–Crippen MR) is 94.7 cm³/mol. The fraction of sp³-hybridized carbons (Fsp3) is 0.222. The van der Waals surface area contributed by atoms with E-state index in [9.17, 15) is 9.59 Å². The summed E-state index contributed by atoms with van der Waals surface area (Å²) in [5.74, 6) is -0.0242. The molecule has 0 bridgehead atoms. The minimum atomic E-state index is -0.966. The molecule has 0 saturated heterocycles. The maximum absolute atomic E-state index is 12.2. The molecule has 0 aliphatic carbocycles. The number of halogens is 1. The van der Waals surface area contributed by atoms with Gasteiger partial charge in [-0.15, -0.1) is 0 Å². The molecule has 1 heterocycles. The topological polar surface area (TPSA) is 73.9 Å². The largest absolute Gasteiger partial charge is 0.485 e. The highest BCUT2D eigenvalue weighted by atomic mass is 79.9. The first-order chi connectivity index (χ1) is 12.0. The van der Waals surface area contributed by atoms with Crippen LogP contribution in [-0.4, -0.2) is 30.7 Å². The lowest BCUT2D eigenvalue weighted by molar-refractivity contribution is -0.162. The fourth-order valence-corrected chi connectivity index (χ4v) is 2.65. The Balaban J connectivity index is 1.56. The second-order valence-electron chi connectivity index (χ2n) is 5.44. The Kier molecular flexibility index (Phi) is 5.23. The number of rotatable bonds is 4. The molecule has 2 aromatic rings. The Hall–Kier alpha value is -2.54. The molecule has 25 heavy (non-hydrogen) atoms. The van der Waals surface area contributed by atoms with Crippen LogP contribution in [0.25, 0.3) is 0 Å². The standard InChI is InChI=1S/C18H16BrNO5/c1-11(17(21)20-13-6-4-5-12(19)9-13)24-18(22)16-10-23-14-7-2-3-8-15(14)25-16/h2-9,11,16H,10H2,1H3,(H,20,21)/t11-,16+/m1/s1. The zero-order chi connectivity index (χ0) is 17.8. The third-order valence-corrected chi connectivity index (χ3v) is 4.02. The Morgan fingerprint density at radius 1 is 1.20 bits per heavy atom. The molecule has 0 saturated carbocycles. The Morgan fingerprint density at radius 3 is 2.72 bits per heavy atom. The molecule has 6 nitrogen and oxygen atoms in total. The summed E-state index contributed by atoms with van der Waals surface area (Å²) in [7, 11) is 0. The van der Waals surface area contributed by atoms with Crippen molar-refractivity contribution in [1.29, 1.82) is 0 Å². The maximum atomic E-state index is 12.2.